The summed E-state index contributed by atoms with van der Waals surface area (Å²) in [6, 6.07) is 10.3. The van der Waals surface area contributed by atoms with E-state index < -0.39 is 17.0 Å². The van der Waals surface area contributed by atoms with Crippen LogP contribution >= 0.6 is 0 Å². The molecule has 2 heterocycles. The number of nitrogens with one attached hydrogen (secondary N) is 2. The molecule has 43 heavy (non-hydrogen) atoms. The minimum Gasteiger partial charge on any atom is -0.491 e. The normalized spacial score (nSPS) is 14.9. The first-order chi connectivity index (χ1) is 20.2. The quantitative estimate of drug-likeness (QED) is 0.384. The van der Waals surface area contributed by atoms with E-state index in [0.29, 0.717) is 73.4 Å². The van der Waals surface area contributed by atoms with Crippen molar-refractivity contribution in [3.05, 3.63) is 47.5 Å². The Bertz CT molecular complexity index is 1360. The molecule has 234 valence electrons. The number of esters is 1. The fraction of sp³-hybridized carbons (Fsp3) is 0.484. The number of rotatable bonds is 8. The Balaban J connectivity index is 0.000000236. The van der Waals surface area contributed by atoms with E-state index in [9.17, 15) is 19.2 Å². The van der Waals surface area contributed by atoms with Crippen LogP contribution in [0.1, 0.15) is 62.3 Å². The van der Waals surface area contributed by atoms with Gasteiger partial charge in [0.05, 0.1) is 31.3 Å². The number of carboxylic acids is 1. The van der Waals surface area contributed by atoms with Crippen LogP contribution in [0, 0.1) is 0 Å². The molecule has 0 fully saturated rings. The highest BCUT2D eigenvalue weighted by Crippen LogP contribution is 2.30. The van der Waals surface area contributed by atoms with E-state index in [0.717, 1.165) is 0 Å². The summed E-state index contributed by atoms with van der Waals surface area (Å²) >= 11 is 0. The Morgan fingerprint density at radius 3 is 1.60 bits per heavy atom. The Kier molecular flexibility index (Phi) is 10.5. The number of amides is 2. The van der Waals surface area contributed by atoms with Crippen LogP contribution in [0.4, 0.5) is 11.4 Å². The van der Waals surface area contributed by atoms with Crippen molar-refractivity contribution in [1.29, 1.82) is 0 Å². The number of ether oxygens (including phenoxy) is 3. The van der Waals surface area contributed by atoms with Gasteiger partial charge in [0, 0.05) is 36.6 Å². The first-order valence-electron chi connectivity index (χ1n) is 14.2. The van der Waals surface area contributed by atoms with Gasteiger partial charge in [-0.3, -0.25) is 9.59 Å². The number of carboxylic acid groups (broad SMARTS) is 1. The summed E-state index contributed by atoms with van der Waals surface area (Å²) in [7, 11) is 1.35. The molecule has 0 saturated heterocycles. The molecule has 12 nitrogen and oxygen atoms in total. The Morgan fingerprint density at radius 1 is 0.814 bits per heavy atom. The Labute approximate surface area is 252 Å². The molecule has 0 saturated carbocycles. The van der Waals surface area contributed by atoms with E-state index in [1.54, 1.807) is 73.9 Å². The standard InChI is InChI=1S/C16H22N2O4.C15H20N2O4/c1-5-18-8-9-22-13-10-11(6-7-12(13)14(18)19)17-16(2,3)15(20)21-4;1-4-17-7-8-21-12-9-10(5-6-11(12)13(17)18)16-15(2,3)14(19)20/h6-7,10,17H,5,8-9H2,1-4H3;5-6,9,16H,4,7-8H2,1-3H3,(H,19,20). The van der Waals surface area contributed by atoms with Crippen LogP contribution in [0.3, 0.4) is 0 Å². The third-order valence-electron chi connectivity index (χ3n) is 7.14. The zero-order valence-corrected chi connectivity index (χ0v) is 25.9. The number of fused-ring (bicyclic) bond motifs is 2. The Morgan fingerprint density at radius 2 is 1.23 bits per heavy atom. The van der Waals surface area contributed by atoms with Crippen LogP contribution in [-0.4, -0.2) is 96.2 Å². The molecule has 12 heteroatoms. The minimum absolute atomic E-state index is 0.0335. The number of likely N-dealkylation sites (N-methyl/N-ethyl adjacent to an activating group) is 2. The topological polar surface area (TPSA) is 147 Å². The number of methoxy groups -OCH3 is 1. The van der Waals surface area contributed by atoms with Crippen LogP contribution < -0.4 is 20.1 Å². The van der Waals surface area contributed by atoms with Crippen molar-refractivity contribution < 1.29 is 38.5 Å². The molecular weight excluding hydrogens is 556 g/mol. The van der Waals surface area contributed by atoms with Gasteiger partial charge < -0.3 is 39.8 Å². The third-order valence-corrected chi connectivity index (χ3v) is 7.14. The molecule has 0 aliphatic carbocycles. The molecule has 2 aliphatic rings. The number of hydrogen-bond donors (Lipinski definition) is 3. The van der Waals surface area contributed by atoms with E-state index in [-0.39, 0.29) is 17.8 Å². The summed E-state index contributed by atoms with van der Waals surface area (Å²) in [6.45, 7) is 13.8. The number of benzene rings is 2. The lowest BCUT2D eigenvalue weighted by atomic mass is 10.0. The molecule has 2 amide bonds. The van der Waals surface area contributed by atoms with Crippen molar-refractivity contribution in [1.82, 2.24) is 9.80 Å². The van der Waals surface area contributed by atoms with E-state index in [4.69, 9.17) is 19.3 Å². The maximum Gasteiger partial charge on any atom is 0.330 e. The lowest BCUT2D eigenvalue weighted by molar-refractivity contribution is -0.144. The molecule has 0 bridgehead atoms. The number of nitrogens with zero attached hydrogens (tertiary/aromatic N) is 2. The van der Waals surface area contributed by atoms with Crippen molar-refractivity contribution in [2.75, 3.05) is 57.1 Å². The average molecular weight is 599 g/mol. The van der Waals surface area contributed by atoms with Gasteiger partial charge >= 0.3 is 11.9 Å². The summed E-state index contributed by atoms with van der Waals surface area (Å²) in [5, 5.41) is 15.2. The third kappa shape index (κ3) is 7.88. The Hall–Kier alpha value is -4.48. The van der Waals surface area contributed by atoms with E-state index in [1.807, 2.05) is 13.8 Å². The molecule has 2 aliphatic heterocycles. The van der Waals surface area contributed by atoms with E-state index in [2.05, 4.69) is 10.6 Å². The van der Waals surface area contributed by atoms with Crippen LogP contribution in [0.5, 0.6) is 11.5 Å². The number of anilines is 2. The van der Waals surface area contributed by atoms with Crippen molar-refractivity contribution in [2.24, 2.45) is 0 Å². The molecule has 0 spiro atoms. The highest BCUT2D eigenvalue weighted by molar-refractivity contribution is 5.98. The highest BCUT2D eigenvalue weighted by Gasteiger charge is 2.30. The molecule has 0 radical (unpaired) electrons. The fourth-order valence-electron chi connectivity index (χ4n) is 4.55. The number of carbonyl (C=O) groups is 4. The van der Waals surface area contributed by atoms with Gasteiger partial charge in [-0.05, 0) is 65.8 Å². The summed E-state index contributed by atoms with van der Waals surface area (Å²) in [5.41, 5.74) is 0.394. The molecule has 0 aromatic heterocycles. The first kappa shape index (κ1) is 33.0. The predicted molar refractivity (Wildman–Crippen MR) is 162 cm³/mol. The second-order valence-electron chi connectivity index (χ2n) is 11.2. The summed E-state index contributed by atoms with van der Waals surface area (Å²) in [6.07, 6.45) is 0. The van der Waals surface area contributed by atoms with Crippen LogP contribution in [0.2, 0.25) is 0 Å². The van der Waals surface area contributed by atoms with Crippen molar-refractivity contribution in [2.45, 2.75) is 52.6 Å². The molecule has 3 N–H and O–H groups in total. The summed E-state index contributed by atoms with van der Waals surface area (Å²) in [5.74, 6) is -0.389. The zero-order chi connectivity index (χ0) is 31.9. The largest absolute Gasteiger partial charge is 0.491 e. The van der Waals surface area contributed by atoms with Crippen molar-refractivity contribution in [3.63, 3.8) is 0 Å². The van der Waals surface area contributed by atoms with Gasteiger partial charge in [0.15, 0.2) is 0 Å². The van der Waals surface area contributed by atoms with Gasteiger partial charge in [0.1, 0.15) is 35.8 Å². The molecule has 0 unspecified atom stereocenters. The highest BCUT2D eigenvalue weighted by atomic mass is 16.5. The fourth-order valence-corrected chi connectivity index (χ4v) is 4.55. The average Bonchev–Trinajstić information content (AvgIpc) is 3.22. The SMILES string of the molecule is CCN1CCOc2cc(NC(C)(C)C(=O)O)ccc2C1=O.CCN1CCOc2cc(NC(C)(C)C(=O)OC)ccc2C1=O. The van der Waals surface area contributed by atoms with Gasteiger partial charge in [-0.1, -0.05) is 0 Å². The van der Waals surface area contributed by atoms with Gasteiger partial charge in [-0.25, -0.2) is 9.59 Å². The monoisotopic (exact) mass is 598 g/mol. The molecular formula is C31H42N4O8. The van der Waals surface area contributed by atoms with E-state index in [1.165, 1.54) is 7.11 Å². The molecule has 2 aromatic carbocycles. The van der Waals surface area contributed by atoms with Gasteiger partial charge in [-0.2, -0.15) is 0 Å². The van der Waals surface area contributed by atoms with Crippen LogP contribution in [0.15, 0.2) is 36.4 Å². The van der Waals surface area contributed by atoms with Gasteiger partial charge in [-0.15, -0.1) is 0 Å². The zero-order valence-electron chi connectivity index (χ0n) is 25.9. The van der Waals surface area contributed by atoms with Crippen LogP contribution in [0.25, 0.3) is 0 Å². The van der Waals surface area contributed by atoms with Gasteiger partial charge in [0.2, 0.25) is 0 Å². The summed E-state index contributed by atoms with van der Waals surface area (Å²) < 4.78 is 16.1. The lowest BCUT2D eigenvalue weighted by Gasteiger charge is -2.24. The number of aliphatic carboxylic acids is 1. The maximum absolute atomic E-state index is 12.4. The second kappa shape index (κ2) is 13.7. The van der Waals surface area contributed by atoms with Crippen molar-refractivity contribution >= 4 is 35.1 Å². The second-order valence-corrected chi connectivity index (χ2v) is 11.2. The van der Waals surface area contributed by atoms with Crippen LogP contribution in [-0.2, 0) is 14.3 Å². The first-order valence-corrected chi connectivity index (χ1v) is 14.2. The maximum atomic E-state index is 12.4. The lowest BCUT2D eigenvalue weighted by Crippen LogP contribution is -2.41. The minimum atomic E-state index is -1.10. The molecule has 0 atom stereocenters. The predicted octanol–water partition coefficient (Wildman–Crippen LogP) is 3.72. The smallest absolute Gasteiger partial charge is 0.330 e. The van der Waals surface area contributed by atoms with Gasteiger partial charge in [0.25, 0.3) is 11.8 Å². The summed E-state index contributed by atoms with van der Waals surface area (Å²) in [4.78, 5) is 51.0. The van der Waals surface area contributed by atoms with E-state index >= 15 is 0 Å². The number of carbonyl (C=O) groups excluding carboxylic acids is 3. The molecule has 4 rings (SSSR count). The molecule has 2 aromatic rings. The number of hydrogen-bond acceptors (Lipinski definition) is 9. The van der Waals surface area contributed by atoms with Crippen molar-refractivity contribution in [3.8, 4) is 11.5 Å².